The lowest BCUT2D eigenvalue weighted by Crippen LogP contribution is -2.06. The molecule has 0 aliphatic rings. The number of nitrogens with zero attached hydrogens (tertiary/aromatic N) is 2. The molecule has 2 aromatic rings. The standard InChI is InChI=1S/C16H21N3O2/c1-5-6-17-15-14(20-4)16(19-10-18-15)21-13-8-11(2)7-12(3)9-13/h7-10H,5-6H2,1-4H3,(H,17,18,19). The molecule has 0 saturated carbocycles. The summed E-state index contributed by atoms with van der Waals surface area (Å²) in [5, 5.41) is 3.21. The van der Waals surface area contributed by atoms with Crippen molar-refractivity contribution in [2.24, 2.45) is 0 Å². The Hall–Kier alpha value is -2.30. The van der Waals surface area contributed by atoms with Gasteiger partial charge in [0.2, 0.25) is 5.75 Å². The van der Waals surface area contributed by atoms with Crippen molar-refractivity contribution >= 4 is 5.82 Å². The lowest BCUT2D eigenvalue weighted by Gasteiger charge is -2.13. The number of aromatic nitrogens is 2. The van der Waals surface area contributed by atoms with Crippen molar-refractivity contribution in [3.05, 3.63) is 35.7 Å². The normalized spacial score (nSPS) is 10.3. The zero-order chi connectivity index (χ0) is 15.2. The average Bonchev–Trinajstić information content (AvgIpc) is 2.44. The molecule has 5 nitrogen and oxygen atoms in total. The summed E-state index contributed by atoms with van der Waals surface area (Å²) in [5.74, 6) is 2.32. The number of anilines is 1. The van der Waals surface area contributed by atoms with Crippen LogP contribution in [0.1, 0.15) is 24.5 Å². The number of hydrogen-bond donors (Lipinski definition) is 1. The Morgan fingerprint density at radius 1 is 1.10 bits per heavy atom. The number of rotatable bonds is 6. The molecule has 0 fully saturated rings. The molecule has 1 aromatic carbocycles. The van der Waals surface area contributed by atoms with Crippen molar-refractivity contribution in [2.75, 3.05) is 19.0 Å². The van der Waals surface area contributed by atoms with Gasteiger partial charge in [-0.3, -0.25) is 0 Å². The van der Waals surface area contributed by atoms with Crippen molar-refractivity contribution in [1.29, 1.82) is 0 Å². The van der Waals surface area contributed by atoms with Crippen LogP contribution in [0.25, 0.3) is 0 Å². The fraction of sp³-hybridized carbons (Fsp3) is 0.375. The van der Waals surface area contributed by atoms with Gasteiger partial charge >= 0.3 is 0 Å². The summed E-state index contributed by atoms with van der Waals surface area (Å²) in [4.78, 5) is 8.37. The molecule has 0 aliphatic carbocycles. The predicted molar refractivity (Wildman–Crippen MR) is 83.4 cm³/mol. The van der Waals surface area contributed by atoms with Gasteiger partial charge in [0.25, 0.3) is 5.88 Å². The van der Waals surface area contributed by atoms with Gasteiger partial charge in [-0.05, 0) is 43.5 Å². The van der Waals surface area contributed by atoms with Crippen LogP contribution in [-0.2, 0) is 0 Å². The quantitative estimate of drug-likeness (QED) is 0.877. The summed E-state index contributed by atoms with van der Waals surface area (Å²) in [5.41, 5.74) is 2.28. The van der Waals surface area contributed by atoms with E-state index in [0.717, 1.165) is 29.8 Å². The number of ether oxygens (including phenoxy) is 2. The van der Waals surface area contributed by atoms with Gasteiger partial charge in [0.05, 0.1) is 7.11 Å². The van der Waals surface area contributed by atoms with Crippen LogP contribution in [0.3, 0.4) is 0 Å². The van der Waals surface area contributed by atoms with Crippen LogP contribution >= 0.6 is 0 Å². The second-order valence-electron chi connectivity index (χ2n) is 4.91. The Kier molecular flexibility index (Phi) is 4.98. The highest BCUT2D eigenvalue weighted by molar-refractivity contribution is 5.56. The molecular formula is C16H21N3O2. The third kappa shape index (κ3) is 3.84. The van der Waals surface area contributed by atoms with Crippen molar-refractivity contribution in [2.45, 2.75) is 27.2 Å². The Labute approximate surface area is 125 Å². The molecular weight excluding hydrogens is 266 g/mol. The summed E-state index contributed by atoms with van der Waals surface area (Å²) < 4.78 is 11.3. The largest absolute Gasteiger partial charge is 0.489 e. The molecule has 1 heterocycles. The van der Waals surface area contributed by atoms with Gasteiger partial charge < -0.3 is 14.8 Å². The maximum atomic E-state index is 5.87. The highest BCUT2D eigenvalue weighted by Gasteiger charge is 2.14. The van der Waals surface area contributed by atoms with Crippen molar-refractivity contribution in [3.63, 3.8) is 0 Å². The van der Waals surface area contributed by atoms with Gasteiger partial charge in [-0.2, -0.15) is 4.98 Å². The zero-order valence-corrected chi connectivity index (χ0v) is 12.9. The maximum absolute atomic E-state index is 5.87. The fourth-order valence-corrected chi connectivity index (χ4v) is 2.09. The summed E-state index contributed by atoms with van der Waals surface area (Å²) in [6.45, 7) is 6.97. The van der Waals surface area contributed by atoms with E-state index in [2.05, 4.69) is 28.3 Å². The van der Waals surface area contributed by atoms with Gasteiger partial charge in [0, 0.05) is 6.54 Å². The smallest absolute Gasteiger partial charge is 0.268 e. The van der Waals surface area contributed by atoms with Crippen LogP contribution in [0.2, 0.25) is 0 Å². The van der Waals surface area contributed by atoms with E-state index in [4.69, 9.17) is 9.47 Å². The number of methoxy groups -OCH3 is 1. The molecule has 0 atom stereocenters. The Bertz CT molecular complexity index is 594. The van der Waals surface area contributed by atoms with E-state index in [9.17, 15) is 0 Å². The molecule has 112 valence electrons. The number of aryl methyl sites for hydroxylation is 2. The molecule has 2 rings (SSSR count). The Morgan fingerprint density at radius 2 is 1.81 bits per heavy atom. The molecule has 0 unspecified atom stereocenters. The van der Waals surface area contributed by atoms with Crippen LogP contribution in [0.5, 0.6) is 17.4 Å². The van der Waals surface area contributed by atoms with Crippen LogP contribution in [0, 0.1) is 13.8 Å². The first-order chi connectivity index (χ1) is 10.1. The minimum absolute atomic E-state index is 0.413. The van der Waals surface area contributed by atoms with Gasteiger partial charge in [-0.1, -0.05) is 13.0 Å². The number of nitrogens with one attached hydrogen (secondary N) is 1. The molecule has 1 N–H and O–H groups in total. The molecule has 21 heavy (non-hydrogen) atoms. The second kappa shape index (κ2) is 6.92. The molecule has 0 spiro atoms. The van der Waals surface area contributed by atoms with E-state index in [1.165, 1.54) is 6.33 Å². The molecule has 0 saturated heterocycles. The summed E-state index contributed by atoms with van der Waals surface area (Å²) in [6.07, 6.45) is 2.47. The highest BCUT2D eigenvalue weighted by Crippen LogP contribution is 2.34. The first kappa shape index (κ1) is 15.1. The molecule has 1 aromatic heterocycles. The number of benzene rings is 1. The number of hydrogen-bond acceptors (Lipinski definition) is 5. The van der Waals surface area contributed by atoms with E-state index in [1.807, 2.05) is 26.0 Å². The highest BCUT2D eigenvalue weighted by atomic mass is 16.5. The monoisotopic (exact) mass is 287 g/mol. The summed E-state index contributed by atoms with van der Waals surface area (Å²) in [6, 6.07) is 6.03. The van der Waals surface area contributed by atoms with Crippen LogP contribution in [-0.4, -0.2) is 23.6 Å². The third-order valence-corrected chi connectivity index (χ3v) is 2.93. The van der Waals surface area contributed by atoms with E-state index >= 15 is 0 Å². The average molecular weight is 287 g/mol. The minimum atomic E-state index is 0.413. The van der Waals surface area contributed by atoms with E-state index in [0.29, 0.717) is 17.4 Å². The topological polar surface area (TPSA) is 56.3 Å². The third-order valence-electron chi connectivity index (χ3n) is 2.93. The Balaban J connectivity index is 2.30. The van der Waals surface area contributed by atoms with E-state index in [-0.39, 0.29) is 0 Å². The Morgan fingerprint density at radius 3 is 2.43 bits per heavy atom. The van der Waals surface area contributed by atoms with E-state index in [1.54, 1.807) is 7.11 Å². The maximum Gasteiger partial charge on any atom is 0.268 e. The van der Waals surface area contributed by atoms with Crippen LogP contribution in [0.4, 0.5) is 5.82 Å². The second-order valence-corrected chi connectivity index (χ2v) is 4.91. The lowest BCUT2D eigenvalue weighted by molar-refractivity contribution is 0.369. The van der Waals surface area contributed by atoms with Gasteiger partial charge in [0.15, 0.2) is 5.82 Å². The van der Waals surface area contributed by atoms with Gasteiger partial charge in [-0.25, -0.2) is 4.98 Å². The van der Waals surface area contributed by atoms with E-state index < -0.39 is 0 Å². The molecule has 0 radical (unpaired) electrons. The first-order valence-electron chi connectivity index (χ1n) is 7.03. The van der Waals surface area contributed by atoms with Crippen LogP contribution < -0.4 is 14.8 Å². The summed E-state index contributed by atoms with van der Waals surface area (Å²) >= 11 is 0. The fourth-order valence-electron chi connectivity index (χ4n) is 2.09. The molecule has 5 heteroatoms. The van der Waals surface area contributed by atoms with Gasteiger partial charge in [-0.15, -0.1) is 0 Å². The zero-order valence-electron chi connectivity index (χ0n) is 12.9. The lowest BCUT2D eigenvalue weighted by atomic mass is 10.1. The van der Waals surface area contributed by atoms with Crippen molar-refractivity contribution in [1.82, 2.24) is 9.97 Å². The van der Waals surface area contributed by atoms with Crippen LogP contribution in [0.15, 0.2) is 24.5 Å². The summed E-state index contributed by atoms with van der Waals surface area (Å²) in [7, 11) is 1.59. The van der Waals surface area contributed by atoms with Gasteiger partial charge in [0.1, 0.15) is 12.1 Å². The van der Waals surface area contributed by atoms with Crippen molar-refractivity contribution in [3.8, 4) is 17.4 Å². The SMILES string of the molecule is CCCNc1ncnc(Oc2cc(C)cc(C)c2)c1OC. The predicted octanol–water partition coefficient (Wildman–Crippen LogP) is 3.72. The molecule has 0 amide bonds. The molecule has 0 bridgehead atoms. The molecule has 0 aliphatic heterocycles. The van der Waals surface area contributed by atoms with Crippen molar-refractivity contribution < 1.29 is 9.47 Å². The minimum Gasteiger partial charge on any atom is -0.489 e. The first-order valence-corrected chi connectivity index (χ1v) is 7.03.